The van der Waals surface area contributed by atoms with Gasteiger partial charge >= 0.3 is 0 Å². The predicted molar refractivity (Wildman–Crippen MR) is 110 cm³/mol. The zero-order valence-electron chi connectivity index (χ0n) is 16.8. The van der Waals surface area contributed by atoms with E-state index in [1.807, 2.05) is 18.2 Å². The summed E-state index contributed by atoms with van der Waals surface area (Å²) in [5.41, 5.74) is 1.25. The summed E-state index contributed by atoms with van der Waals surface area (Å²) >= 11 is 0. The summed E-state index contributed by atoms with van der Waals surface area (Å²) in [7, 11) is 3.14. The summed E-state index contributed by atoms with van der Waals surface area (Å²) in [6.07, 6.45) is 4.21. The number of para-hydroxylation sites is 1. The number of hydrogen-bond donors (Lipinski definition) is 0. The lowest BCUT2D eigenvalue weighted by atomic mass is 10.1. The summed E-state index contributed by atoms with van der Waals surface area (Å²) < 4.78 is 22.5. The molecule has 2 aromatic carbocycles. The van der Waals surface area contributed by atoms with Crippen molar-refractivity contribution in [3.63, 3.8) is 0 Å². The Hall–Kier alpha value is -2.99. The second-order valence-corrected chi connectivity index (χ2v) is 7.08. The van der Waals surface area contributed by atoms with Gasteiger partial charge in [0, 0.05) is 18.2 Å². The minimum absolute atomic E-state index is 0.159. The molecule has 2 aliphatic heterocycles. The molecule has 6 nitrogen and oxygen atoms in total. The normalized spacial score (nSPS) is 17.3. The van der Waals surface area contributed by atoms with Crippen molar-refractivity contribution in [3.8, 4) is 23.0 Å². The van der Waals surface area contributed by atoms with E-state index in [4.69, 9.17) is 18.9 Å². The number of ketones is 1. The second kappa shape index (κ2) is 8.57. The number of Topliss-reactive ketones (excluding diaryl/α,β-unsaturated/α-hetero) is 1. The number of nitrogens with zero attached hydrogens (tertiary/aromatic N) is 1. The molecule has 0 atom stereocenters. The van der Waals surface area contributed by atoms with Crippen LogP contribution in [0, 0.1) is 0 Å². The SMILES string of the molecule is COc1cccc(/C=C2/Oc3cc(OCCN4CCCC4)ccc3C2=O)c1OC. The predicted octanol–water partition coefficient (Wildman–Crippen LogP) is 3.79. The molecule has 2 heterocycles. The van der Waals surface area contributed by atoms with Crippen LogP contribution in [0.25, 0.3) is 6.08 Å². The molecule has 0 N–H and O–H groups in total. The van der Waals surface area contributed by atoms with Gasteiger partial charge in [0.25, 0.3) is 0 Å². The lowest BCUT2D eigenvalue weighted by Crippen LogP contribution is -2.25. The van der Waals surface area contributed by atoms with Crippen LogP contribution >= 0.6 is 0 Å². The first-order valence-electron chi connectivity index (χ1n) is 9.84. The van der Waals surface area contributed by atoms with Crippen LogP contribution in [-0.2, 0) is 0 Å². The Balaban J connectivity index is 1.49. The Morgan fingerprint density at radius 3 is 2.69 bits per heavy atom. The lowest BCUT2D eigenvalue weighted by Gasteiger charge is -2.15. The Morgan fingerprint density at radius 1 is 1.10 bits per heavy atom. The van der Waals surface area contributed by atoms with Gasteiger partial charge in [-0.3, -0.25) is 9.69 Å². The minimum Gasteiger partial charge on any atom is -0.493 e. The number of allylic oxidation sites excluding steroid dienone is 1. The first-order valence-corrected chi connectivity index (χ1v) is 9.84. The van der Waals surface area contributed by atoms with E-state index in [0.29, 0.717) is 40.7 Å². The maximum Gasteiger partial charge on any atom is 0.231 e. The fraction of sp³-hybridized carbons (Fsp3) is 0.348. The first kappa shape index (κ1) is 19.3. The first-order chi connectivity index (χ1) is 14.2. The maximum atomic E-state index is 12.7. The van der Waals surface area contributed by atoms with E-state index < -0.39 is 0 Å². The van der Waals surface area contributed by atoms with Gasteiger partial charge in [0.15, 0.2) is 17.3 Å². The summed E-state index contributed by atoms with van der Waals surface area (Å²) in [6.45, 7) is 3.83. The van der Waals surface area contributed by atoms with Crippen molar-refractivity contribution in [2.45, 2.75) is 12.8 Å². The van der Waals surface area contributed by atoms with E-state index in [-0.39, 0.29) is 11.5 Å². The average Bonchev–Trinajstić information content (AvgIpc) is 3.36. The molecule has 0 radical (unpaired) electrons. The third kappa shape index (κ3) is 4.07. The molecule has 1 saturated heterocycles. The third-order valence-corrected chi connectivity index (χ3v) is 5.24. The second-order valence-electron chi connectivity index (χ2n) is 7.08. The highest BCUT2D eigenvalue weighted by atomic mass is 16.5. The fourth-order valence-corrected chi connectivity index (χ4v) is 3.72. The van der Waals surface area contributed by atoms with Gasteiger partial charge in [-0.2, -0.15) is 0 Å². The highest BCUT2D eigenvalue weighted by molar-refractivity contribution is 6.14. The van der Waals surface area contributed by atoms with Crippen LogP contribution in [0.4, 0.5) is 0 Å². The van der Waals surface area contributed by atoms with Gasteiger partial charge < -0.3 is 18.9 Å². The van der Waals surface area contributed by atoms with Crippen LogP contribution in [0.5, 0.6) is 23.0 Å². The Labute approximate surface area is 170 Å². The number of hydrogen-bond acceptors (Lipinski definition) is 6. The molecule has 0 bridgehead atoms. The fourth-order valence-electron chi connectivity index (χ4n) is 3.72. The molecule has 152 valence electrons. The molecule has 0 unspecified atom stereocenters. The molecular formula is C23H25NO5. The van der Waals surface area contributed by atoms with Gasteiger partial charge in [0.1, 0.15) is 18.1 Å². The average molecular weight is 395 g/mol. The summed E-state index contributed by atoms with van der Waals surface area (Å²) in [6, 6.07) is 10.8. The van der Waals surface area contributed by atoms with E-state index in [9.17, 15) is 4.79 Å². The minimum atomic E-state index is -0.159. The van der Waals surface area contributed by atoms with E-state index >= 15 is 0 Å². The van der Waals surface area contributed by atoms with E-state index in [0.717, 1.165) is 19.6 Å². The highest BCUT2D eigenvalue weighted by Gasteiger charge is 2.28. The topological polar surface area (TPSA) is 57.2 Å². The maximum absolute atomic E-state index is 12.7. The van der Waals surface area contributed by atoms with Crippen molar-refractivity contribution in [2.24, 2.45) is 0 Å². The smallest absolute Gasteiger partial charge is 0.231 e. The van der Waals surface area contributed by atoms with E-state index in [2.05, 4.69) is 4.90 Å². The number of likely N-dealkylation sites (tertiary alicyclic amines) is 1. The zero-order valence-corrected chi connectivity index (χ0v) is 16.8. The molecule has 6 heteroatoms. The van der Waals surface area contributed by atoms with Gasteiger partial charge in [-0.1, -0.05) is 12.1 Å². The molecule has 2 aromatic rings. The number of benzene rings is 2. The van der Waals surface area contributed by atoms with Crippen molar-refractivity contribution in [3.05, 3.63) is 53.3 Å². The van der Waals surface area contributed by atoms with Gasteiger partial charge in [-0.25, -0.2) is 0 Å². The quantitative estimate of drug-likeness (QED) is 0.665. The monoisotopic (exact) mass is 395 g/mol. The van der Waals surface area contributed by atoms with Crippen molar-refractivity contribution in [1.82, 2.24) is 4.90 Å². The van der Waals surface area contributed by atoms with Gasteiger partial charge in [-0.05, 0) is 50.2 Å². The van der Waals surface area contributed by atoms with Gasteiger partial charge in [-0.15, -0.1) is 0 Å². The molecule has 0 amide bonds. The van der Waals surface area contributed by atoms with Crippen LogP contribution in [0.1, 0.15) is 28.8 Å². The zero-order chi connectivity index (χ0) is 20.2. The van der Waals surface area contributed by atoms with Crippen molar-refractivity contribution < 1.29 is 23.7 Å². The molecule has 4 rings (SSSR count). The molecule has 0 saturated carbocycles. The molecule has 1 fully saturated rings. The van der Waals surface area contributed by atoms with E-state index in [1.54, 1.807) is 38.5 Å². The molecule has 2 aliphatic rings. The number of rotatable bonds is 7. The van der Waals surface area contributed by atoms with Gasteiger partial charge in [0.05, 0.1) is 19.8 Å². The number of fused-ring (bicyclic) bond motifs is 1. The van der Waals surface area contributed by atoms with Crippen LogP contribution in [0.15, 0.2) is 42.2 Å². The summed E-state index contributed by atoms with van der Waals surface area (Å²) in [5.74, 6) is 2.46. The standard InChI is InChI=1S/C23H25NO5/c1-26-19-7-5-6-16(23(19)27-2)14-21-22(25)18-9-8-17(15-20(18)29-21)28-13-12-24-10-3-4-11-24/h5-9,14-15H,3-4,10-13H2,1-2H3/b21-14+. The van der Waals surface area contributed by atoms with Crippen LogP contribution in [-0.4, -0.2) is 51.1 Å². The van der Waals surface area contributed by atoms with E-state index in [1.165, 1.54) is 12.8 Å². The summed E-state index contributed by atoms with van der Waals surface area (Å²) in [5, 5.41) is 0. The molecule has 0 spiro atoms. The summed E-state index contributed by atoms with van der Waals surface area (Å²) in [4.78, 5) is 15.1. The number of methoxy groups -OCH3 is 2. The van der Waals surface area contributed by atoms with Crippen molar-refractivity contribution >= 4 is 11.9 Å². The van der Waals surface area contributed by atoms with Crippen molar-refractivity contribution in [2.75, 3.05) is 40.5 Å². The Kier molecular flexibility index (Phi) is 5.71. The highest BCUT2D eigenvalue weighted by Crippen LogP contribution is 2.37. The number of carbonyl (C=O) groups excluding carboxylic acids is 1. The Bertz CT molecular complexity index is 931. The molecule has 29 heavy (non-hydrogen) atoms. The Morgan fingerprint density at radius 2 is 1.93 bits per heavy atom. The molecule has 0 aromatic heterocycles. The van der Waals surface area contributed by atoms with Crippen LogP contribution in [0.2, 0.25) is 0 Å². The molecule has 0 aliphatic carbocycles. The number of carbonyl (C=O) groups is 1. The third-order valence-electron chi connectivity index (χ3n) is 5.24. The lowest BCUT2D eigenvalue weighted by molar-refractivity contribution is 0.101. The largest absolute Gasteiger partial charge is 0.493 e. The molecular weight excluding hydrogens is 370 g/mol. The number of ether oxygens (including phenoxy) is 4. The van der Waals surface area contributed by atoms with Crippen molar-refractivity contribution in [1.29, 1.82) is 0 Å². The van der Waals surface area contributed by atoms with Gasteiger partial charge in [0.2, 0.25) is 5.78 Å². The van der Waals surface area contributed by atoms with Crippen LogP contribution < -0.4 is 18.9 Å². The van der Waals surface area contributed by atoms with Crippen LogP contribution in [0.3, 0.4) is 0 Å².